The van der Waals surface area contributed by atoms with Gasteiger partial charge in [-0.2, -0.15) is 0 Å². The van der Waals surface area contributed by atoms with Crippen molar-refractivity contribution in [1.82, 2.24) is 4.98 Å². The fourth-order valence-corrected chi connectivity index (χ4v) is 2.08. The van der Waals surface area contributed by atoms with Crippen molar-refractivity contribution in [2.24, 2.45) is 0 Å². The molecule has 20 heavy (non-hydrogen) atoms. The average molecular weight is 339 g/mol. The number of hydrogen-bond donors (Lipinski definition) is 2. The first-order valence-electron chi connectivity index (χ1n) is 5.81. The topological polar surface area (TPSA) is 62.2 Å². The molecule has 1 heterocycles. The first-order valence-corrected chi connectivity index (χ1v) is 6.61. The number of anilines is 2. The summed E-state index contributed by atoms with van der Waals surface area (Å²) in [6.07, 6.45) is 1.26. The summed E-state index contributed by atoms with van der Waals surface area (Å²) in [4.78, 5) is 14.7. The quantitative estimate of drug-likeness (QED) is 0.886. The number of nitrogens with one attached hydrogen (secondary N) is 1. The molecule has 0 radical (unpaired) electrons. The van der Waals surface area contributed by atoms with Gasteiger partial charge < -0.3 is 10.4 Å². The number of rotatable bonds is 3. The molecule has 0 aliphatic heterocycles. The van der Waals surface area contributed by atoms with E-state index < -0.39 is 17.3 Å². The lowest BCUT2D eigenvalue weighted by atomic mass is 10.1. The number of pyridine rings is 1. The Labute approximate surface area is 123 Å². The summed E-state index contributed by atoms with van der Waals surface area (Å²) in [5.41, 5.74) is 2.22. The van der Waals surface area contributed by atoms with Gasteiger partial charge in [0.05, 0.1) is 0 Å². The van der Waals surface area contributed by atoms with E-state index in [1.807, 2.05) is 26.0 Å². The maximum Gasteiger partial charge on any atom is 0.338 e. The lowest BCUT2D eigenvalue weighted by Gasteiger charge is -2.11. The first-order chi connectivity index (χ1) is 9.40. The Hall–Kier alpha value is -1.95. The predicted octanol–water partition coefficient (Wildman–Crippen LogP) is 4.04. The van der Waals surface area contributed by atoms with Crippen LogP contribution in [0.3, 0.4) is 0 Å². The summed E-state index contributed by atoms with van der Waals surface area (Å²) in [7, 11) is 0. The van der Waals surface area contributed by atoms with Crippen molar-refractivity contribution in [2.75, 3.05) is 5.32 Å². The van der Waals surface area contributed by atoms with E-state index in [-0.39, 0.29) is 5.82 Å². The molecule has 2 N–H and O–H groups in total. The molecule has 2 aromatic rings. The fraction of sp³-hybridized carbons (Fsp3) is 0.143. The molecule has 0 atom stereocenters. The SMILES string of the molecule is Cc1cc(Nc2nccc(C(=O)O)c2F)cc(C)c1Br. The van der Waals surface area contributed by atoms with Crippen LogP contribution in [-0.4, -0.2) is 16.1 Å². The summed E-state index contributed by atoms with van der Waals surface area (Å²) < 4.78 is 15.0. The molecule has 0 unspecified atom stereocenters. The molecule has 6 heteroatoms. The summed E-state index contributed by atoms with van der Waals surface area (Å²) in [6, 6.07) is 4.78. The minimum Gasteiger partial charge on any atom is -0.478 e. The van der Waals surface area contributed by atoms with Crippen LogP contribution in [0.4, 0.5) is 15.9 Å². The molecule has 0 amide bonds. The molecule has 104 valence electrons. The van der Waals surface area contributed by atoms with Gasteiger partial charge in [0.15, 0.2) is 11.6 Å². The summed E-state index contributed by atoms with van der Waals surface area (Å²) in [5, 5.41) is 11.7. The number of aryl methyl sites for hydroxylation is 2. The molecular weight excluding hydrogens is 327 g/mol. The molecule has 4 nitrogen and oxygen atoms in total. The van der Waals surface area contributed by atoms with E-state index >= 15 is 0 Å². The van der Waals surface area contributed by atoms with Crippen LogP contribution in [0.1, 0.15) is 21.5 Å². The predicted molar refractivity (Wildman–Crippen MR) is 78.1 cm³/mol. The van der Waals surface area contributed by atoms with Gasteiger partial charge in [-0.15, -0.1) is 0 Å². The number of carboxylic acid groups (broad SMARTS) is 1. The van der Waals surface area contributed by atoms with Crippen LogP contribution in [0.25, 0.3) is 0 Å². The fourth-order valence-electron chi connectivity index (χ4n) is 1.85. The smallest absolute Gasteiger partial charge is 0.338 e. The van der Waals surface area contributed by atoms with Gasteiger partial charge in [0.1, 0.15) is 5.56 Å². The van der Waals surface area contributed by atoms with Crippen molar-refractivity contribution >= 4 is 33.4 Å². The van der Waals surface area contributed by atoms with Crippen LogP contribution in [0.2, 0.25) is 0 Å². The van der Waals surface area contributed by atoms with E-state index in [2.05, 4.69) is 26.2 Å². The van der Waals surface area contributed by atoms with Gasteiger partial charge in [-0.3, -0.25) is 0 Å². The molecule has 0 saturated carbocycles. The monoisotopic (exact) mass is 338 g/mol. The third kappa shape index (κ3) is 2.80. The maximum absolute atomic E-state index is 14.0. The molecular formula is C14H12BrFN2O2. The molecule has 0 aliphatic rings. The largest absolute Gasteiger partial charge is 0.478 e. The van der Waals surface area contributed by atoms with Gasteiger partial charge in [0, 0.05) is 16.4 Å². The molecule has 0 saturated heterocycles. The van der Waals surface area contributed by atoms with E-state index in [0.29, 0.717) is 5.69 Å². The molecule has 0 aliphatic carbocycles. The Bertz CT molecular complexity index is 666. The number of halogens is 2. The Morgan fingerprint density at radius 3 is 2.50 bits per heavy atom. The highest BCUT2D eigenvalue weighted by Crippen LogP contribution is 2.27. The third-order valence-electron chi connectivity index (χ3n) is 2.82. The lowest BCUT2D eigenvalue weighted by Crippen LogP contribution is -2.05. The maximum atomic E-state index is 14.0. The van der Waals surface area contributed by atoms with E-state index in [9.17, 15) is 9.18 Å². The van der Waals surface area contributed by atoms with Gasteiger partial charge in [-0.05, 0) is 43.2 Å². The molecule has 2 rings (SSSR count). The molecule has 0 fully saturated rings. The normalized spacial score (nSPS) is 10.4. The number of carbonyl (C=O) groups is 1. The van der Waals surface area contributed by atoms with Gasteiger partial charge in [-0.1, -0.05) is 15.9 Å². The number of hydrogen-bond acceptors (Lipinski definition) is 3. The summed E-state index contributed by atoms with van der Waals surface area (Å²) in [5.74, 6) is -2.31. The van der Waals surface area contributed by atoms with Crippen molar-refractivity contribution in [3.8, 4) is 0 Å². The van der Waals surface area contributed by atoms with E-state index in [0.717, 1.165) is 21.7 Å². The van der Waals surface area contributed by atoms with Crippen LogP contribution < -0.4 is 5.32 Å². The zero-order valence-corrected chi connectivity index (χ0v) is 12.5. The summed E-state index contributed by atoms with van der Waals surface area (Å²) >= 11 is 3.45. The Morgan fingerprint density at radius 1 is 1.35 bits per heavy atom. The van der Waals surface area contributed by atoms with E-state index in [1.54, 1.807) is 0 Å². The first kappa shape index (κ1) is 14.5. The second kappa shape index (κ2) is 5.58. The Morgan fingerprint density at radius 2 is 1.95 bits per heavy atom. The molecule has 1 aromatic heterocycles. The Kier molecular flexibility index (Phi) is 4.04. The third-order valence-corrected chi connectivity index (χ3v) is 4.07. The molecule has 1 aromatic carbocycles. The van der Waals surface area contributed by atoms with E-state index in [1.165, 1.54) is 6.20 Å². The Balaban J connectivity index is 2.40. The van der Waals surface area contributed by atoms with Crippen molar-refractivity contribution in [3.63, 3.8) is 0 Å². The highest BCUT2D eigenvalue weighted by atomic mass is 79.9. The van der Waals surface area contributed by atoms with Gasteiger partial charge in [-0.25, -0.2) is 14.2 Å². The number of carboxylic acids is 1. The van der Waals surface area contributed by atoms with Gasteiger partial charge >= 0.3 is 5.97 Å². The second-order valence-corrected chi connectivity index (χ2v) is 5.17. The van der Waals surface area contributed by atoms with Crippen molar-refractivity contribution < 1.29 is 14.3 Å². The van der Waals surface area contributed by atoms with Crippen molar-refractivity contribution in [3.05, 3.63) is 51.4 Å². The second-order valence-electron chi connectivity index (χ2n) is 4.38. The van der Waals surface area contributed by atoms with Crippen LogP contribution in [0.15, 0.2) is 28.9 Å². The molecule has 0 bridgehead atoms. The van der Waals surface area contributed by atoms with Crippen LogP contribution in [-0.2, 0) is 0 Å². The van der Waals surface area contributed by atoms with Crippen LogP contribution in [0, 0.1) is 19.7 Å². The number of benzene rings is 1. The number of aromatic nitrogens is 1. The van der Waals surface area contributed by atoms with Crippen molar-refractivity contribution in [1.29, 1.82) is 0 Å². The molecule has 0 spiro atoms. The van der Waals surface area contributed by atoms with Crippen LogP contribution >= 0.6 is 15.9 Å². The van der Waals surface area contributed by atoms with Gasteiger partial charge in [0.2, 0.25) is 0 Å². The highest BCUT2D eigenvalue weighted by molar-refractivity contribution is 9.10. The minimum atomic E-state index is -1.32. The van der Waals surface area contributed by atoms with E-state index in [4.69, 9.17) is 5.11 Å². The summed E-state index contributed by atoms with van der Waals surface area (Å²) in [6.45, 7) is 3.83. The zero-order valence-electron chi connectivity index (χ0n) is 10.9. The standard InChI is InChI=1S/C14H12BrFN2O2/c1-7-5-9(6-8(2)11(7)15)18-13-12(16)10(14(19)20)3-4-17-13/h3-6H,1-2H3,(H,17,18)(H,19,20). The number of nitrogens with zero attached hydrogens (tertiary/aromatic N) is 1. The minimum absolute atomic E-state index is 0.106. The highest BCUT2D eigenvalue weighted by Gasteiger charge is 2.15. The van der Waals surface area contributed by atoms with Crippen molar-refractivity contribution in [2.45, 2.75) is 13.8 Å². The zero-order chi connectivity index (χ0) is 14.9. The lowest BCUT2D eigenvalue weighted by molar-refractivity contribution is 0.0692. The van der Waals surface area contributed by atoms with Gasteiger partial charge in [0.25, 0.3) is 0 Å². The van der Waals surface area contributed by atoms with Crippen LogP contribution in [0.5, 0.6) is 0 Å². The average Bonchev–Trinajstić information content (AvgIpc) is 2.38. The number of aromatic carboxylic acids is 1.